The molecule has 2 fully saturated rings. The molecule has 172 valence electrons. The normalized spacial score (nSPS) is 18.1. The molecule has 0 aromatic carbocycles. The van der Waals surface area contributed by atoms with Crippen LogP contribution in [0.5, 0.6) is 0 Å². The van der Waals surface area contributed by atoms with Gasteiger partial charge in [-0.2, -0.15) is 0 Å². The summed E-state index contributed by atoms with van der Waals surface area (Å²) in [6, 6.07) is 6.86. The largest absolute Gasteiger partial charge is 0.354 e. The molecule has 2 aromatic heterocycles. The molecule has 3 amide bonds. The fraction of sp³-hybridized carbons (Fsp3) is 0.375. The number of aromatic nitrogens is 2. The van der Waals surface area contributed by atoms with Gasteiger partial charge < -0.3 is 15.1 Å². The fourth-order valence-electron chi connectivity index (χ4n) is 4.16. The summed E-state index contributed by atoms with van der Waals surface area (Å²) in [5, 5.41) is 2.89. The van der Waals surface area contributed by atoms with E-state index in [4.69, 9.17) is 11.6 Å². The molecule has 3 heterocycles. The zero-order chi connectivity index (χ0) is 23.7. The topological polar surface area (TPSA) is 95.5 Å². The zero-order valence-electron chi connectivity index (χ0n) is 18.7. The van der Waals surface area contributed by atoms with Gasteiger partial charge in [0.05, 0.1) is 11.7 Å². The van der Waals surface area contributed by atoms with Crippen LogP contribution in [-0.4, -0.2) is 64.2 Å². The van der Waals surface area contributed by atoms with Crippen LogP contribution in [0.25, 0.3) is 11.3 Å². The minimum absolute atomic E-state index is 0.0815. The molecular formula is C24H26ClN5O3. The number of hydrogen-bond acceptors (Lipinski definition) is 5. The molecule has 0 unspecified atom stereocenters. The van der Waals surface area contributed by atoms with Crippen LogP contribution in [0, 0.1) is 0 Å². The van der Waals surface area contributed by atoms with Crippen LogP contribution in [0.2, 0.25) is 5.15 Å². The Labute approximate surface area is 197 Å². The Morgan fingerprint density at radius 2 is 1.91 bits per heavy atom. The van der Waals surface area contributed by atoms with Gasteiger partial charge in [-0.3, -0.25) is 14.4 Å². The highest BCUT2D eigenvalue weighted by molar-refractivity contribution is 6.29. The molecule has 1 saturated carbocycles. The number of pyridine rings is 2. The van der Waals surface area contributed by atoms with Crippen molar-refractivity contribution in [3.05, 3.63) is 59.0 Å². The predicted molar refractivity (Wildman–Crippen MR) is 125 cm³/mol. The summed E-state index contributed by atoms with van der Waals surface area (Å²) in [6.45, 7) is 6.27. The monoisotopic (exact) mass is 467 g/mol. The fourth-order valence-corrected chi connectivity index (χ4v) is 4.38. The van der Waals surface area contributed by atoms with E-state index in [2.05, 4.69) is 21.9 Å². The van der Waals surface area contributed by atoms with Crippen LogP contribution in [-0.2, 0) is 9.59 Å². The number of halogens is 1. The van der Waals surface area contributed by atoms with Crippen molar-refractivity contribution in [2.24, 2.45) is 0 Å². The van der Waals surface area contributed by atoms with Gasteiger partial charge in [0.15, 0.2) is 0 Å². The Balaban J connectivity index is 1.76. The standard InChI is InChI=1S/C24H26ClN5O3/c1-4-23(32)29-7-8-30(14(2)31)21(13-29)17-11-19(28-22(25)12-17)16-9-18(15-5-6-15)27-20(10-16)24(33)26-3/h4,9-12,15,21H,1,5-8,13H2,2-3H3,(H,26,33)/t21-/m1/s1. The average molecular weight is 468 g/mol. The molecule has 0 spiro atoms. The van der Waals surface area contributed by atoms with Gasteiger partial charge in [-0.25, -0.2) is 9.97 Å². The van der Waals surface area contributed by atoms with Gasteiger partial charge in [-0.1, -0.05) is 18.2 Å². The Bertz CT molecular complexity index is 1130. The third kappa shape index (κ3) is 4.90. The van der Waals surface area contributed by atoms with Crippen molar-refractivity contribution in [1.82, 2.24) is 25.1 Å². The predicted octanol–water partition coefficient (Wildman–Crippen LogP) is 2.95. The highest BCUT2D eigenvalue weighted by Crippen LogP contribution is 2.40. The van der Waals surface area contributed by atoms with E-state index >= 15 is 0 Å². The van der Waals surface area contributed by atoms with Gasteiger partial charge in [-0.15, -0.1) is 0 Å². The number of amides is 3. The molecule has 1 N–H and O–H groups in total. The van der Waals surface area contributed by atoms with Crippen molar-refractivity contribution in [2.45, 2.75) is 31.7 Å². The van der Waals surface area contributed by atoms with E-state index in [9.17, 15) is 14.4 Å². The molecule has 0 radical (unpaired) electrons. The first-order valence-corrected chi connectivity index (χ1v) is 11.3. The molecule has 8 nitrogen and oxygen atoms in total. The van der Waals surface area contributed by atoms with E-state index in [1.807, 2.05) is 12.1 Å². The summed E-state index contributed by atoms with van der Waals surface area (Å²) in [5.41, 5.74) is 3.28. The quantitative estimate of drug-likeness (QED) is 0.538. The molecule has 0 bridgehead atoms. The summed E-state index contributed by atoms with van der Waals surface area (Å²) < 4.78 is 0. The van der Waals surface area contributed by atoms with E-state index in [-0.39, 0.29) is 28.9 Å². The summed E-state index contributed by atoms with van der Waals surface area (Å²) in [5.74, 6) is -0.185. The molecule has 4 rings (SSSR count). The molecule has 1 aliphatic carbocycles. The second-order valence-electron chi connectivity index (χ2n) is 8.34. The molecule has 1 aliphatic heterocycles. The van der Waals surface area contributed by atoms with E-state index in [1.54, 1.807) is 29.0 Å². The Hall–Kier alpha value is -3.26. The average Bonchev–Trinajstić information content (AvgIpc) is 3.67. The molecular weight excluding hydrogens is 442 g/mol. The van der Waals surface area contributed by atoms with Crippen LogP contribution < -0.4 is 5.32 Å². The Kier molecular flexibility index (Phi) is 6.47. The molecule has 33 heavy (non-hydrogen) atoms. The lowest BCUT2D eigenvalue weighted by Crippen LogP contribution is -2.51. The van der Waals surface area contributed by atoms with E-state index in [1.165, 1.54) is 13.0 Å². The first-order chi connectivity index (χ1) is 15.8. The van der Waals surface area contributed by atoms with Crippen molar-refractivity contribution in [2.75, 3.05) is 26.7 Å². The van der Waals surface area contributed by atoms with Crippen molar-refractivity contribution in [3.8, 4) is 11.3 Å². The van der Waals surface area contributed by atoms with Gasteiger partial charge >= 0.3 is 0 Å². The van der Waals surface area contributed by atoms with Gasteiger partial charge in [0.25, 0.3) is 5.91 Å². The maximum absolute atomic E-state index is 12.3. The smallest absolute Gasteiger partial charge is 0.269 e. The van der Waals surface area contributed by atoms with Crippen LogP contribution >= 0.6 is 11.6 Å². The maximum atomic E-state index is 12.3. The summed E-state index contributed by atoms with van der Waals surface area (Å²) in [4.78, 5) is 49.3. The number of hydrogen-bond donors (Lipinski definition) is 1. The number of carbonyl (C=O) groups excluding carboxylic acids is 3. The van der Waals surface area contributed by atoms with E-state index in [0.29, 0.717) is 36.9 Å². The highest BCUT2D eigenvalue weighted by atomic mass is 35.5. The number of piperazine rings is 1. The van der Waals surface area contributed by atoms with Crippen molar-refractivity contribution in [3.63, 3.8) is 0 Å². The molecule has 1 atom stereocenters. The molecule has 2 aromatic rings. The number of rotatable bonds is 5. The minimum Gasteiger partial charge on any atom is -0.354 e. The van der Waals surface area contributed by atoms with Gasteiger partial charge in [0.2, 0.25) is 11.8 Å². The molecule has 1 saturated heterocycles. The molecule has 2 aliphatic rings. The van der Waals surface area contributed by atoms with Crippen molar-refractivity contribution < 1.29 is 14.4 Å². The van der Waals surface area contributed by atoms with Gasteiger partial charge in [0.1, 0.15) is 10.8 Å². The third-order valence-electron chi connectivity index (χ3n) is 6.07. The lowest BCUT2D eigenvalue weighted by atomic mass is 9.99. The second-order valence-corrected chi connectivity index (χ2v) is 8.73. The highest BCUT2D eigenvalue weighted by Gasteiger charge is 2.32. The van der Waals surface area contributed by atoms with Crippen molar-refractivity contribution in [1.29, 1.82) is 0 Å². The zero-order valence-corrected chi connectivity index (χ0v) is 19.4. The minimum atomic E-state index is -0.373. The lowest BCUT2D eigenvalue weighted by Gasteiger charge is -2.41. The van der Waals surface area contributed by atoms with Gasteiger partial charge in [0, 0.05) is 50.8 Å². The maximum Gasteiger partial charge on any atom is 0.269 e. The van der Waals surface area contributed by atoms with Crippen LogP contribution in [0.3, 0.4) is 0 Å². The summed E-state index contributed by atoms with van der Waals surface area (Å²) in [6.07, 6.45) is 3.36. The van der Waals surface area contributed by atoms with E-state index < -0.39 is 0 Å². The Morgan fingerprint density at radius 1 is 1.15 bits per heavy atom. The van der Waals surface area contributed by atoms with Crippen LogP contribution in [0.15, 0.2) is 36.9 Å². The summed E-state index contributed by atoms with van der Waals surface area (Å²) >= 11 is 6.41. The second kappa shape index (κ2) is 9.31. The Morgan fingerprint density at radius 3 is 2.55 bits per heavy atom. The summed E-state index contributed by atoms with van der Waals surface area (Å²) in [7, 11) is 1.57. The SMILES string of the molecule is C=CC(=O)N1CCN(C(C)=O)[C@@H](c2cc(Cl)nc(-c3cc(C(=O)NC)nc(C4CC4)c3)c2)C1. The number of nitrogens with zero attached hydrogens (tertiary/aromatic N) is 4. The first kappa shape index (κ1) is 22.9. The van der Waals surface area contributed by atoms with E-state index in [0.717, 1.165) is 29.7 Å². The van der Waals surface area contributed by atoms with Gasteiger partial charge in [-0.05, 0) is 48.7 Å². The first-order valence-electron chi connectivity index (χ1n) is 10.9. The number of nitrogens with one attached hydrogen (secondary N) is 1. The van der Waals surface area contributed by atoms with Crippen LogP contribution in [0.4, 0.5) is 0 Å². The van der Waals surface area contributed by atoms with Crippen molar-refractivity contribution >= 4 is 29.3 Å². The number of carbonyl (C=O) groups is 3. The lowest BCUT2D eigenvalue weighted by molar-refractivity contribution is -0.139. The van der Waals surface area contributed by atoms with Crippen LogP contribution in [0.1, 0.15) is 53.5 Å². The third-order valence-corrected chi connectivity index (χ3v) is 6.26. The molecule has 9 heteroatoms.